The van der Waals surface area contributed by atoms with Crippen molar-refractivity contribution < 1.29 is 19.8 Å². The molecule has 4 unspecified atom stereocenters. The van der Waals surface area contributed by atoms with Gasteiger partial charge in [0.05, 0.1) is 0 Å². The second-order valence-corrected chi connectivity index (χ2v) is 9.04. The summed E-state index contributed by atoms with van der Waals surface area (Å²) in [5, 5.41) is 19.5. The number of nitrogens with two attached hydrogens (primary N) is 1. The van der Waals surface area contributed by atoms with Crippen LogP contribution in [0.3, 0.4) is 0 Å². The van der Waals surface area contributed by atoms with Crippen molar-refractivity contribution in [3.8, 4) is 0 Å². The Kier molecular flexibility index (Phi) is 6.34. The molecule has 2 aliphatic rings. The molecule has 0 aromatic heterocycles. The standard InChI is InChI=1S/C18H31N3O6/c1-4-16(2)7-14-8-17(3,13-18(9-14,12-16)5-6-19)10-15(27-21(24)25)11-26-20(22)23/h8,15H,4-7,9-13,19H2,1-3H3. The monoisotopic (exact) mass is 385 g/mol. The molecule has 1 fully saturated rings. The van der Waals surface area contributed by atoms with E-state index in [-0.39, 0.29) is 16.2 Å². The molecule has 9 heteroatoms. The Morgan fingerprint density at radius 1 is 1.22 bits per heavy atom. The van der Waals surface area contributed by atoms with Crippen LogP contribution in [0.15, 0.2) is 11.6 Å². The van der Waals surface area contributed by atoms with Crippen LogP contribution < -0.4 is 5.73 Å². The smallest absolute Gasteiger partial charge is 0.294 e. The zero-order chi connectivity index (χ0) is 20.3. The number of hydrogen-bond acceptors (Lipinski definition) is 7. The highest BCUT2D eigenvalue weighted by Gasteiger charge is 2.49. The molecule has 0 aliphatic heterocycles. The van der Waals surface area contributed by atoms with Crippen LogP contribution in [0, 0.1) is 36.5 Å². The van der Waals surface area contributed by atoms with E-state index in [2.05, 4.69) is 36.5 Å². The topological polar surface area (TPSA) is 131 Å². The van der Waals surface area contributed by atoms with E-state index in [4.69, 9.17) is 5.73 Å². The van der Waals surface area contributed by atoms with Gasteiger partial charge in [-0.05, 0) is 61.3 Å². The maximum atomic E-state index is 10.8. The van der Waals surface area contributed by atoms with E-state index in [9.17, 15) is 20.2 Å². The van der Waals surface area contributed by atoms with Crippen LogP contribution in [0.25, 0.3) is 0 Å². The number of allylic oxidation sites excluding steroid dienone is 2. The van der Waals surface area contributed by atoms with E-state index >= 15 is 0 Å². The maximum absolute atomic E-state index is 10.8. The Bertz CT molecular complexity index is 612. The van der Waals surface area contributed by atoms with Gasteiger partial charge in [0.1, 0.15) is 12.7 Å². The van der Waals surface area contributed by atoms with Crippen LogP contribution in [0.1, 0.15) is 65.7 Å². The molecule has 0 radical (unpaired) electrons. The van der Waals surface area contributed by atoms with E-state index in [1.54, 1.807) is 0 Å². The minimum Gasteiger partial charge on any atom is -0.330 e. The first-order chi connectivity index (χ1) is 12.5. The zero-order valence-electron chi connectivity index (χ0n) is 16.4. The third-order valence-electron chi connectivity index (χ3n) is 6.21. The first kappa shape index (κ1) is 21.4. The number of nitrogens with zero attached hydrogens (tertiary/aromatic N) is 2. The molecule has 2 aliphatic carbocycles. The quantitative estimate of drug-likeness (QED) is 0.346. The number of fused-ring (bicyclic) bond motifs is 2. The zero-order valence-corrected chi connectivity index (χ0v) is 16.4. The fraction of sp³-hybridized carbons (Fsp3) is 0.889. The molecule has 2 N–H and O–H groups in total. The van der Waals surface area contributed by atoms with E-state index in [1.807, 2.05) is 0 Å². The third-order valence-corrected chi connectivity index (χ3v) is 6.21. The lowest BCUT2D eigenvalue weighted by Gasteiger charge is -2.54. The molecular formula is C18H31N3O6. The Balaban J connectivity index is 2.25. The van der Waals surface area contributed by atoms with E-state index in [1.165, 1.54) is 5.57 Å². The number of hydrogen-bond donors (Lipinski definition) is 1. The summed E-state index contributed by atoms with van der Waals surface area (Å²) in [7, 11) is 0. The van der Waals surface area contributed by atoms with Gasteiger partial charge in [-0.2, -0.15) is 0 Å². The summed E-state index contributed by atoms with van der Waals surface area (Å²) in [4.78, 5) is 30.4. The van der Waals surface area contributed by atoms with Gasteiger partial charge in [-0.3, -0.25) is 0 Å². The van der Waals surface area contributed by atoms with Gasteiger partial charge in [0.25, 0.3) is 10.2 Å². The van der Waals surface area contributed by atoms with Gasteiger partial charge < -0.3 is 15.4 Å². The second kappa shape index (κ2) is 8.00. The van der Waals surface area contributed by atoms with Crippen LogP contribution in [0.4, 0.5) is 0 Å². The molecule has 27 heavy (non-hydrogen) atoms. The van der Waals surface area contributed by atoms with Crippen molar-refractivity contribution in [3.05, 3.63) is 31.9 Å². The molecule has 0 heterocycles. The highest BCUT2D eigenvalue weighted by atomic mass is 17.0. The van der Waals surface area contributed by atoms with Gasteiger partial charge in [0.2, 0.25) is 0 Å². The summed E-state index contributed by atoms with van der Waals surface area (Å²) >= 11 is 0. The minimum absolute atomic E-state index is 0.0692. The summed E-state index contributed by atoms with van der Waals surface area (Å²) in [6.07, 6.45) is 7.47. The van der Waals surface area contributed by atoms with Crippen LogP contribution in [0.5, 0.6) is 0 Å². The van der Waals surface area contributed by atoms with Crippen LogP contribution in [-0.2, 0) is 9.68 Å². The Morgan fingerprint density at radius 2 is 1.93 bits per heavy atom. The average molecular weight is 385 g/mol. The molecule has 0 spiro atoms. The summed E-state index contributed by atoms with van der Waals surface area (Å²) in [5.41, 5.74) is 7.25. The molecule has 154 valence electrons. The normalized spacial score (nSPS) is 33.7. The summed E-state index contributed by atoms with van der Waals surface area (Å²) in [6.45, 7) is 6.73. The predicted molar refractivity (Wildman–Crippen MR) is 98.6 cm³/mol. The molecule has 9 nitrogen and oxygen atoms in total. The lowest BCUT2D eigenvalue weighted by molar-refractivity contribution is -0.790. The molecule has 0 aromatic carbocycles. The average Bonchev–Trinajstić information content (AvgIpc) is 2.50. The van der Waals surface area contributed by atoms with Gasteiger partial charge in [0, 0.05) is 0 Å². The van der Waals surface area contributed by atoms with Gasteiger partial charge in [-0.15, -0.1) is 20.2 Å². The molecule has 2 bridgehead atoms. The Hall–Kier alpha value is -1.90. The first-order valence-corrected chi connectivity index (χ1v) is 9.52. The predicted octanol–water partition coefficient (Wildman–Crippen LogP) is 3.43. The van der Waals surface area contributed by atoms with Crippen LogP contribution in [-0.4, -0.2) is 29.4 Å². The summed E-state index contributed by atoms with van der Waals surface area (Å²) in [5.74, 6) is 0. The Labute approximate surface area is 159 Å². The van der Waals surface area contributed by atoms with Gasteiger partial charge in [-0.1, -0.05) is 38.8 Å². The summed E-state index contributed by atoms with van der Waals surface area (Å²) < 4.78 is 0. The SMILES string of the molecule is CCC1(C)CC2=CC(C)(CC(CO[N+](=O)[O-])O[N+](=O)[O-])CC(CCN)(C2)C1. The highest BCUT2D eigenvalue weighted by Crippen LogP contribution is 2.60. The fourth-order valence-electron chi connectivity index (χ4n) is 5.62. The highest BCUT2D eigenvalue weighted by molar-refractivity contribution is 5.23. The van der Waals surface area contributed by atoms with Crippen LogP contribution >= 0.6 is 0 Å². The van der Waals surface area contributed by atoms with Gasteiger partial charge in [-0.25, -0.2) is 0 Å². The van der Waals surface area contributed by atoms with Crippen molar-refractivity contribution in [1.82, 2.24) is 0 Å². The minimum atomic E-state index is -0.987. The van der Waals surface area contributed by atoms with Crippen molar-refractivity contribution in [1.29, 1.82) is 0 Å². The fourth-order valence-corrected chi connectivity index (χ4v) is 5.62. The Morgan fingerprint density at radius 3 is 2.48 bits per heavy atom. The molecular weight excluding hydrogens is 354 g/mol. The van der Waals surface area contributed by atoms with E-state index < -0.39 is 22.9 Å². The summed E-state index contributed by atoms with van der Waals surface area (Å²) in [6, 6.07) is 0. The molecule has 0 aromatic rings. The van der Waals surface area contributed by atoms with Crippen LogP contribution in [0.2, 0.25) is 0 Å². The number of rotatable bonds is 10. The molecule has 2 rings (SSSR count). The van der Waals surface area contributed by atoms with E-state index in [0.717, 1.165) is 38.5 Å². The lowest BCUT2D eigenvalue weighted by atomic mass is 9.51. The maximum Gasteiger partial charge on any atom is 0.294 e. The van der Waals surface area contributed by atoms with Crippen molar-refractivity contribution in [3.63, 3.8) is 0 Å². The first-order valence-electron chi connectivity index (χ1n) is 9.52. The van der Waals surface area contributed by atoms with Gasteiger partial charge >= 0.3 is 0 Å². The molecule has 0 saturated heterocycles. The lowest BCUT2D eigenvalue weighted by Crippen LogP contribution is -2.45. The largest absolute Gasteiger partial charge is 0.330 e. The van der Waals surface area contributed by atoms with E-state index in [0.29, 0.717) is 13.0 Å². The molecule has 0 amide bonds. The van der Waals surface area contributed by atoms with Crippen molar-refractivity contribution in [2.45, 2.75) is 71.8 Å². The van der Waals surface area contributed by atoms with Crippen molar-refractivity contribution >= 4 is 0 Å². The third kappa shape index (κ3) is 5.54. The van der Waals surface area contributed by atoms with Crippen molar-refractivity contribution in [2.75, 3.05) is 13.2 Å². The second-order valence-electron chi connectivity index (χ2n) is 9.04. The molecule has 1 saturated carbocycles. The van der Waals surface area contributed by atoms with Crippen molar-refractivity contribution in [2.24, 2.45) is 22.0 Å². The molecule has 4 atom stereocenters. The van der Waals surface area contributed by atoms with Gasteiger partial charge in [0.15, 0.2) is 0 Å².